The molecule has 0 unspecified atom stereocenters. The van der Waals surface area contributed by atoms with E-state index < -0.39 is 0 Å². The second-order valence-electron chi connectivity index (χ2n) is 5.16. The third-order valence-corrected chi connectivity index (χ3v) is 4.18. The Bertz CT molecular complexity index is 439. The highest BCUT2D eigenvalue weighted by Gasteiger charge is 2.18. The first kappa shape index (κ1) is 13.6. The maximum absolute atomic E-state index is 6.24. The normalized spacial score (nSPS) is 23.7. The van der Waals surface area contributed by atoms with Crippen LogP contribution in [0.15, 0.2) is 18.2 Å². The van der Waals surface area contributed by atoms with E-state index in [-0.39, 0.29) is 0 Å². The quantitative estimate of drug-likeness (QED) is 0.824. The van der Waals surface area contributed by atoms with Crippen molar-refractivity contribution in [3.8, 4) is 0 Å². The summed E-state index contributed by atoms with van der Waals surface area (Å²) in [4.78, 5) is 0.384. The summed E-state index contributed by atoms with van der Waals surface area (Å²) in [6.07, 6.45) is 5.02. The van der Waals surface area contributed by atoms with E-state index in [2.05, 4.69) is 12.2 Å². The van der Waals surface area contributed by atoms with E-state index in [1.165, 1.54) is 25.7 Å². The van der Waals surface area contributed by atoms with Crippen molar-refractivity contribution in [2.45, 2.75) is 38.6 Å². The van der Waals surface area contributed by atoms with E-state index in [0.29, 0.717) is 16.1 Å². The van der Waals surface area contributed by atoms with Crippen molar-refractivity contribution in [2.24, 2.45) is 11.7 Å². The van der Waals surface area contributed by atoms with Crippen molar-refractivity contribution in [3.63, 3.8) is 0 Å². The summed E-state index contributed by atoms with van der Waals surface area (Å²) in [5.74, 6) is 0.857. The van der Waals surface area contributed by atoms with Gasteiger partial charge in [-0.25, -0.2) is 0 Å². The molecule has 1 aromatic rings. The summed E-state index contributed by atoms with van der Waals surface area (Å²) < 4.78 is 0. The lowest BCUT2D eigenvalue weighted by molar-refractivity contribution is 0.361. The summed E-state index contributed by atoms with van der Waals surface area (Å²) >= 11 is 11.2. The number of benzene rings is 1. The van der Waals surface area contributed by atoms with Crippen molar-refractivity contribution in [1.82, 2.24) is 0 Å². The van der Waals surface area contributed by atoms with Gasteiger partial charge in [-0.1, -0.05) is 30.7 Å². The molecule has 1 aliphatic rings. The summed E-state index contributed by atoms with van der Waals surface area (Å²) in [6, 6.07) is 6.25. The lowest BCUT2D eigenvalue weighted by atomic mass is 9.87. The number of nitrogens with two attached hydrogens (primary N) is 1. The Morgan fingerprint density at radius 1 is 1.33 bits per heavy atom. The Morgan fingerprint density at radius 3 is 2.56 bits per heavy atom. The molecule has 0 spiro atoms. The highest BCUT2D eigenvalue weighted by atomic mass is 35.5. The van der Waals surface area contributed by atoms with Crippen molar-refractivity contribution in [3.05, 3.63) is 28.8 Å². The van der Waals surface area contributed by atoms with E-state index in [9.17, 15) is 0 Å². The molecular weight excluding hydrogens is 264 g/mol. The summed E-state index contributed by atoms with van der Waals surface area (Å²) in [5, 5.41) is 4.21. The smallest absolute Gasteiger partial charge is 0.104 e. The standard InChI is InChI=1S/C14H19ClN2S/c1-9-2-5-11(6-3-9)17-13-7-4-10(14(16)18)8-12(13)15/h4,7-9,11,17H,2-3,5-6H2,1H3,(H2,16,18). The largest absolute Gasteiger partial charge is 0.389 e. The van der Waals surface area contributed by atoms with Crippen LogP contribution in [0.1, 0.15) is 38.2 Å². The minimum absolute atomic E-state index is 0.384. The van der Waals surface area contributed by atoms with Gasteiger partial charge < -0.3 is 11.1 Å². The lowest BCUT2D eigenvalue weighted by Gasteiger charge is -2.28. The predicted octanol–water partition coefficient (Wildman–Crippen LogP) is 3.96. The van der Waals surface area contributed by atoms with E-state index in [1.807, 2.05) is 18.2 Å². The average Bonchev–Trinajstić information content (AvgIpc) is 2.34. The molecule has 3 N–H and O–H groups in total. The van der Waals surface area contributed by atoms with Crippen molar-refractivity contribution >= 4 is 34.5 Å². The van der Waals surface area contributed by atoms with Gasteiger partial charge in [-0.05, 0) is 49.8 Å². The van der Waals surface area contributed by atoms with Gasteiger partial charge in [0.15, 0.2) is 0 Å². The molecule has 0 saturated heterocycles. The topological polar surface area (TPSA) is 38.0 Å². The monoisotopic (exact) mass is 282 g/mol. The van der Waals surface area contributed by atoms with Gasteiger partial charge in [0.05, 0.1) is 10.7 Å². The molecule has 0 bridgehead atoms. The molecule has 0 amide bonds. The first-order chi connectivity index (χ1) is 8.56. The summed E-state index contributed by atoms with van der Waals surface area (Å²) in [5.41, 5.74) is 7.38. The zero-order valence-electron chi connectivity index (χ0n) is 10.6. The fraction of sp³-hybridized carbons (Fsp3) is 0.500. The summed E-state index contributed by atoms with van der Waals surface area (Å²) in [6.45, 7) is 2.32. The zero-order valence-corrected chi connectivity index (χ0v) is 12.2. The second kappa shape index (κ2) is 5.89. The minimum atomic E-state index is 0.384. The molecule has 1 saturated carbocycles. The zero-order chi connectivity index (χ0) is 13.1. The molecule has 1 aromatic carbocycles. The molecule has 0 atom stereocenters. The van der Waals surface area contributed by atoms with Gasteiger partial charge in [-0.3, -0.25) is 0 Å². The van der Waals surface area contributed by atoms with Gasteiger partial charge in [0.1, 0.15) is 4.99 Å². The molecule has 4 heteroatoms. The van der Waals surface area contributed by atoms with Crippen LogP contribution in [0.4, 0.5) is 5.69 Å². The van der Waals surface area contributed by atoms with Crippen molar-refractivity contribution < 1.29 is 0 Å². The highest BCUT2D eigenvalue weighted by molar-refractivity contribution is 7.80. The third-order valence-electron chi connectivity index (χ3n) is 3.63. The van der Waals surface area contributed by atoms with E-state index in [4.69, 9.17) is 29.6 Å². The van der Waals surface area contributed by atoms with Gasteiger partial charge >= 0.3 is 0 Å². The maximum atomic E-state index is 6.24. The number of halogens is 1. The number of rotatable bonds is 3. The molecule has 2 nitrogen and oxygen atoms in total. The van der Waals surface area contributed by atoms with Gasteiger partial charge in [0, 0.05) is 11.6 Å². The van der Waals surface area contributed by atoms with Crippen molar-refractivity contribution in [2.75, 3.05) is 5.32 Å². The number of nitrogens with one attached hydrogen (secondary N) is 1. The average molecular weight is 283 g/mol. The Balaban J connectivity index is 2.03. The fourth-order valence-corrected chi connectivity index (χ4v) is 2.77. The van der Waals surface area contributed by atoms with Crippen LogP contribution in [-0.4, -0.2) is 11.0 Å². The van der Waals surface area contributed by atoms with Gasteiger partial charge in [-0.2, -0.15) is 0 Å². The SMILES string of the molecule is CC1CCC(Nc2ccc(C(N)=S)cc2Cl)CC1. The third kappa shape index (κ3) is 3.36. The Morgan fingerprint density at radius 2 is 2.00 bits per heavy atom. The highest BCUT2D eigenvalue weighted by Crippen LogP contribution is 2.29. The summed E-state index contributed by atoms with van der Waals surface area (Å²) in [7, 11) is 0. The Labute approximate surface area is 119 Å². The predicted molar refractivity (Wildman–Crippen MR) is 82.4 cm³/mol. The Hall–Kier alpha value is -0.800. The van der Waals surface area contributed by atoms with Crippen LogP contribution in [0, 0.1) is 5.92 Å². The number of anilines is 1. The van der Waals surface area contributed by atoms with E-state index in [1.54, 1.807) is 0 Å². The van der Waals surface area contributed by atoms with Gasteiger partial charge in [0.2, 0.25) is 0 Å². The molecule has 0 aliphatic heterocycles. The van der Waals surface area contributed by atoms with Crippen LogP contribution < -0.4 is 11.1 Å². The molecule has 2 rings (SSSR count). The van der Waals surface area contributed by atoms with Crippen LogP contribution in [0.3, 0.4) is 0 Å². The second-order valence-corrected chi connectivity index (χ2v) is 6.01. The number of thiocarbonyl (C=S) groups is 1. The van der Waals surface area contributed by atoms with Gasteiger partial charge in [0.25, 0.3) is 0 Å². The first-order valence-electron chi connectivity index (χ1n) is 6.42. The molecular formula is C14H19ClN2S. The molecule has 0 aromatic heterocycles. The van der Waals surface area contributed by atoms with Crippen LogP contribution in [-0.2, 0) is 0 Å². The molecule has 1 aliphatic carbocycles. The molecule has 18 heavy (non-hydrogen) atoms. The van der Waals surface area contributed by atoms with Crippen LogP contribution in [0.2, 0.25) is 5.02 Å². The van der Waals surface area contributed by atoms with E-state index >= 15 is 0 Å². The molecule has 0 heterocycles. The van der Waals surface area contributed by atoms with Crippen LogP contribution >= 0.6 is 23.8 Å². The first-order valence-corrected chi connectivity index (χ1v) is 7.21. The fourth-order valence-electron chi connectivity index (χ4n) is 2.41. The minimum Gasteiger partial charge on any atom is -0.389 e. The van der Waals surface area contributed by atoms with Crippen LogP contribution in [0.25, 0.3) is 0 Å². The molecule has 1 fully saturated rings. The molecule has 0 radical (unpaired) electrons. The van der Waals surface area contributed by atoms with Gasteiger partial charge in [-0.15, -0.1) is 0 Å². The van der Waals surface area contributed by atoms with E-state index in [0.717, 1.165) is 17.2 Å². The van der Waals surface area contributed by atoms with Crippen LogP contribution in [0.5, 0.6) is 0 Å². The Kier molecular flexibility index (Phi) is 4.46. The number of hydrogen-bond donors (Lipinski definition) is 2. The lowest BCUT2D eigenvalue weighted by Crippen LogP contribution is -2.25. The number of hydrogen-bond acceptors (Lipinski definition) is 2. The molecule has 98 valence electrons. The van der Waals surface area contributed by atoms with Crippen molar-refractivity contribution in [1.29, 1.82) is 0 Å². The maximum Gasteiger partial charge on any atom is 0.104 e.